The molecule has 2 aromatic rings. The van der Waals surface area contributed by atoms with Gasteiger partial charge in [-0.15, -0.1) is 0 Å². The number of halogens is 3. The Morgan fingerprint density at radius 2 is 1.59 bits per heavy atom. The number of hydrogen-bond acceptors (Lipinski definition) is 2. The molecule has 2 rings (SSSR count). The van der Waals surface area contributed by atoms with Crippen LogP contribution in [0.4, 0.5) is 5.69 Å². The van der Waals surface area contributed by atoms with E-state index in [0.717, 1.165) is 0 Å². The zero-order valence-corrected chi connectivity index (χ0v) is 14.3. The molecule has 0 spiro atoms. The van der Waals surface area contributed by atoms with Crippen molar-refractivity contribution in [3.05, 3.63) is 57.5 Å². The van der Waals surface area contributed by atoms with Gasteiger partial charge >= 0.3 is 0 Å². The summed E-state index contributed by atoms with van der Waals surface area (Å²) in [5.74, 6) is 0.202. The van der Waals surface area contributed by atoms with E-state index in [1.54, 1.807) is 56.3 Å². The fourth-order valence-electron chi connectivity index (χ4n) is 1.71. The van der Waals surface area contributed by atoms with Crippen molar-refractivity contribution < 1.29 is 9.53 Å². The first-order chi connectivity index (χ1) is 10.3. The van der Waals surface area contributed by atoms with Crippen molar-refractivity contribution in [2.45, 2.75) is 19.4 Å². The summed E-state index contributed by atoms with van der Waals surface area (Å²) in [5.41, 5.74) is -0.661. The molecule has 6 heteroatoms. The van der Waals surface area contributed by atoms with E-state index in [-0.39, 0.29) is 5.91 Å². The zero-order chi connectivity index (χ0) is 16.3. The first-order valence-corrected chi connectivity index (χ1v) is 7.62. The van der Waals surface area contributed by atoms with Crippen molar-refractivity contribution in [1.29, 1.82) is 0 Å². The van der Waals surface area contributed by atoms with E-state index in [2.05, 4.69) is 5.32 Å². The van der Waals surface area contributed by atoms with Gasteiger partial charge in [-0.1, -0.05) is 34.8 Å². The number of anilines is 1. The van der Waals surface area contributed by atoms with Gasteiger partial charge in [0, 0.05) is 10.0 Å². The van der Waals surface area contributed by atoms with Crippen LogP contribution in [0.1, 0.15) is 13.8 Å². The van der Waals surface area contributed by atoms with Crippen molar-refractivity contribution in [3.63, 3.8) is 0 Å². The van der Waals surface area contributed by atoms with Gasteiger partial charge in [0.15, 0.2) is 5.60 Å². The van der Waals surface area contributed by atoms with Crippen LogP contribution in [0.15, 0.2) is 42.5 Å². The van der Waals surface area contributed by atoms with Crippen LogP contribution in [-0.2, 0) is 4.79 Å². The Balaban J connectivity index is 2.13. The second-order valence-electron chi connectivity index (χ2n) is 5.14. The van der Waals surface area contributed by atoms with E-state index in [4.69, 9.17) is 39.5 Å². The summed E-state index contributed by atoms with van der Waals surface area (Å²) in [6.45, 7) is 3.32. The molecule has 0 bridgehead atoms. The summed E-state index contributed by atoms with van der Waals surface area (Å²) < 4.78 is 5.71. The third kappa shape index (κ3) is 4.29. The highest BCUT2D eigenvalue weighted by molar-refractivity contribution is 6.35. The Bertz CT molecular complexity index is 684. The SMILES string of the molecule is CC(C)(Oc1ccc(Cl)cc1)C(=O)Nc1cc(Cl)ccc1Cl. The van der Waals surface area contributed by atoms with Crippen LogP contribution in [0.3, 0.4) is 0 Å². The van der Waals surface area contributed by atoms with Crippen LogP contribution in [0.5, 0.6) is 5.75 Å². The van der Waals surface area contributed by atoms with Gasteiger partial charge in [0.05, 0.1) is 10.7 Å². The summed E-state index contributed by atoms with van der Waals surface area (Å²) in [5, 5.41) is 4.20. The minimum Gasteiger partial charge on any atom is -0.478 e. The monoisotopic (exact) mass is 357 g/mol. The normalized spacial score (nSPS) is 11.1. The lowest BCUT2D eigenvalue weighted by atomic mass is 10.1. The van der Waals surface area contributed by atoms with E-state index in [1.165, 1.54) is 0 Å². The zero-order valence-electron chi connectivity index (χ0n) is 12.0. The van der Waals surface area contributed by atoms with Gasteiger partial charge in [0.25, 0.3) is 5.91 Å². The molecule has 2 aromatic carbocycles. The molecule has 116 valence electrons. The topological polar surface area (TPSA) is 38.3 Å². The number of benzene rings is 2. The number of carbonyl (C=O) groups is 1. The van der Waals surface area contributed by atoms with Gasteiger partial charge in [-0.05, 0) is 56.3 Å². The molecule has 1 amide bonds. The molecule has 22 heavy (non-hydrogen) atoms. The molecule has 0 fully saturated rings. The van der Waals surface area contributed by atoms with Gasteiger partial charge in [0.1, 0.15) is 5.75 Å². The molecule has 0 aliphatic heterocycles. The van der Waals surface area contributed by atoms with Gasteiger partial charge in [-0.2, -0.15) is 0 Å². The molecule has 0 saturated heterocycles. The lowest BCUT2D eigenvalue weighted by molar-refractivity contribution is -0.128. The largest absolute Gasteiger partial charge is 0.478 e. The molecule has 0 aliphatic rings. The third-order valence-electron chi connectivity index (χ3n) is 2.91. The number of rotatable bonds is 4. The molecular formula is C16H14Cl3NO2. The molecule has 0 unspecified atom stereocenters. The molecule has 0 atom stereocenters. The second kappa shape index (κ2) is 6.78. The summed E-state index contributed by atoms with van der Waals surface area (Å²) >= 11 is 17.8. The van der Waals surface area contributed by atoms with E-state index in [1.807, 2.05) is 0 Å². The summed E-state index contributed by atoms with van der Waals surface area (Å²) in [6, 6.07) is 11.6. The lowest BCUT2D eigenvalue weighted by Gasteiger charge is -2.25. The molecule has 0 heterocycles. The standard InChI is InChI=1S/C16H14Cl3NO2/c1-16(2,22-12-6-3-10(17)4-7-12)15(21)20-14-9-11(18)5-8-13(14)19/h3-9H,1-2H3,(H,20,21). The van der Waals surface area contributed by atoms with Crippen LogP contribution in [0.25, 0.3) is 0 Å². The quantitative estimate of drug-likeness (QED) is 0.790. The molecular weight excluding hydrogens is 345 g/mol. The van der Waals surface area contributed by atoms with Gasteiger partial charge < -0.3 is 10.1 Å². The number of hydrogen-bond donors (Lipinski definition) is 1. The number of ether oxygens (including phenoxy) is 1. The minimum absolute atomic E-state index is 0.341. The van der Waals surface area contributed by atoms with Gasteiger partial charge in [0.2, 0.25) is 0 Å². The highest BCUT2D eigenvalue weighted by atomic mass is 35.5. The van der Waals surface area contributed by atoms with E-state index in [0.29, 0.717) is 26.5 Å². The molecule has 0 radical (unpaired) electrons. The van der Waals surface area contributed by atoms with Crippen molar-refractivity contribution in [2.24, 2.45) is 0 Å². The average molecular weight is 359 g/mol. The Kier molecular flexibility index (Phi) is 5.22. The van der Waals surface area contributed by atoms with Crippen LogP contribution >= 0.6 is 34.8 Å². The molecule has 1 N–H and O–H groups in total. The Labute approximate surface area is 144 Å². The summed E-state index contributed by atoms with van der Waals surface area (Å²) in [4.78, 5) is 12.4. The maximum Gasteiger partial charge on any atom is 0.268 e. The highest BCUT2D eigenvalue weighted by Gasteiger charge is 2.30. The smallest absolute Gasteiger partial charge is 0.268 e. The Morgan fingerprint density at radius 1 is 1.00 bits per heavy atom. The molecule has 0 saturated carbocycles. The summed E-state index contributed by atoms with van der Waals surface area (Å²) in [6.07, 6.45) is 0. The van der Waals surface area contributed by atoms with Crippen molar-refractivity contribution in [1.82, 2.24) is 0 Å². The van der Waals surface area contributed by atoms with E-state index >= 15 is 0 Å². The fraction of sp³-hybridized carbons (Fsp3) is 0.188. The number of amides is 1. The average Bonchev–Trinajstić information content (AvgIpc) is 2.45. The third-order valence-corrected chi connectivity index (χ3v) is 3.73. The van der Waals surface area contributed by atoms with E-state index < -0.39 is 5.60 Å². The lowest BCUT2D eigenvalue weighted by Crippen LogP contribution is -2.42. The predicted octanol–water partition coefficient (Wildman–Crippen LogP) is 5.44. The van der Waals surface area contributed by atoms with Crippen LogP contribution in [-0.4, -0.2) is 11.5 Å². The number of nitrogens with one attached hydrogen (secondary N) is 1. The van der Waals surface area contributed by atoms with Crippen molar-refractivity contribution in [3.8, 4) is 5.75 Å². The first-order valence-electron chi connectivity index (χ1n) is 6.49. The van der Waals surface area contributed by atoms with E-state index in [9.17, 15) is 4.79 Å². The predicted molar refractivity (Wildman–Crippen MR) is 91.3 cm³/mol. The van der Waals surface area contributed by atoms with Crippen molar-refractivity contribution >= 4 is 46.4 Å². The molecule has 0 aliphatic carbocycles. The van der Waals surface area contributed by atoms with Gasteiger partial charge in [-0.25, -0.2) is 0 Å². The maximum absolute atomic E-state index is 12.4. The second-order valence-corrected chi connectivity index (χ2v) is 6.42. The van der Waals surface area contributed by atoms with Crippen molar-refractivity contribution in [2.75, 3.05) is 5.32 Å². The molecule has 0 aromatic heterocycles. The molecule has 3 nitrogen and oxygen atoms in total. The first kappa shape index (κ1) is 16.9. The Hall–Kier alpha value is -1.42. The Morgan fingerprint density at radius 3 is 2.23 bits per heavy atom. The van der Waals surface area contributed by atoms with Crippen LogP contribution < -0.4 is 10.1 Å². The maximum atomic E-state index is 12.4. The fourth-order valence-corrected chi connectivity index (χ4v) is 2.17. The van der Waals surface area contributed by atoms with Gasteiger partial charge in [-0.3, -0.25) is 4.79 Å². The minimum atomic E-state index is -1.10. The highest BCUT2D eigenvalue weighted by Crippen LogP contribution is 2.27. The summed E-state index contributed by atoms with van der Waals surface area (Å²) in [7, 11) is 0. The van der Waals surface area contributed by atoms with Crippen LogP contribution in [0.2, 0.25) is 15.1 Å². The van der Waals surface area contributed by atoms with Crippen LogP contribution in [0, 0.1) is 0 Å². The number of carbonyl (C=O) groups excluding carboxylic acids is 1.